The molecule has 0 atom stereocenters. The fourth-order valence-electron chi connectivity index (χ4n) is 0.879. The quantitative estimate of drug-likeness (QED) is 0.608. The highest BCUT2D eigenvalue weighted by Gasteiger charge is 2.12. The van der Waals surface area contributed by atoms with Crippen molar-refractivity contribution in [1.82, 2.24) is 10.2 Å². The number of nitrogens with zero attached hydrogens (tertiary/aromatic N) is 1. The van der Waals surface area contributed by atoms with E-state index in [4.69, 9.17) is 0 Å². The summed E-state index contributed by atoms with van der Waals surface area (Å²) in [4.78, 5) is 2.22. The van der Waals surface area contributed by atoms with Crippen LogP contribution < -0.4 is 5.32 Å². The van der Waals surface area contributed by atoms with Gasteiger partial charge in [-0.2, -0.15) is 0 Å². The Balaban J connectivity index is 3.37. The number of hydrogen-bond donors (Lipinski definition) is 2. The third-order valence-electron chi connectivity index (χ3n) is 1.85. The molecule has 0 saturated heterocycles. The number of aliphatic hydroxyl groups is 1. The van der Waals surface area contributed by atoms with E-state index >= 15 is 0 Å². The lowest BCUT2D eigenvalue weighted by Gasteiger charge is -2.22. The van der Waals surface area contributed by atoms with Gasteiger partial charge in [-0.15, -0.1) is 0 Å². The van der Waals surface area contributed by atoms with Gasteiger partial charge >= 0.3 is 0 Å². The predicted octanol–water partition coefficient (Wildman–Crippen LogP) is 0.299. The molecule has 74 valence electrons. The first-order valence-electron chi connectivity index (χ1n) is 4.51. The van der Waals surface area contributed by atoms with Crippen molar-refractivity contribution < 1.29 is 5.11 Å². The van der Waals surface area contributed by atoms with Crippen molar-refractivity contribution in [1.29, 1.82) is 0 Å². The zero-order valence-corrected chi connectivity index (χ0v) is 8.72. The molecule has 12 heavy (non-hydrogen) atoms. The van der Waals surface area contributed by atoms with Crippen LogP contribution in [0.25, 0.3) is 0 Å². The Labute approximate surface area is 75.8 Å². The van der Waals surface area contributed by atoms with Gasteiger partial charge in [0.1, 0.15) is 0 Å². The maximum atomic E-state index is 9.45. The molecule has 0 fully saturated rings. The number of hydrogen-bond acceptors (Lipinski definition) is 3. The normalized spacial score (nSPS) is 12.5. The van der Waals surface area contributed by atoms with Crippen LogP contribution in [0.5, 0.6) is 0 Å². The van der Waals surface area contributed by atoms with Gasteiger partial charge in [0.2, 0.25) is 0 Å². The van der Waals surface area contributed by atoms with Crippen molar-refractivity contribution in [2.45, 2.75) is 25.9 Å². The second-order valence-electron chi connectivity index (χ2n) is 3.97. The highest BCUT2D eigenvalue weighted by Crippen LogP contribution is 2.06. The largest absolute Gasteiger partial charge is 0.390 e. The fourth-order valence-corrected chi connectivity index (χ4v) is 0.879. The topological polar surface area (TPSA) is 35.5 Å². The molecule has 0 saturated carbocycles. The Morgan fingerprint density at radius 2 is 1.92 bits per heavy atom. The van der Waals surface area contributed by atoms with E-state index in [0.717, 1.165) is 26.1 Å². The third kappa shape index (κ3) is 7.98. The second kappa shape index (κ2) is 5.51. The van der Waals surface area contributed by atoms with Gasteiger partial charge in [-0.05, 0) is 34.4 Å². The van der Waals surface area contributed by atoms with E-state index in [2.05, 4.69) is 17.3 Å². The molecule has 0 amide bonds. The summed E-state index contributed by atoms with van der Waals surface area (Å²) in [5.41, 5.74) is -0.534. The molecule has 0 aromatic carbocycles. The smallest absolute Gasteiger partial charge is 0.0603 e. The van der Waals surface area contributed by atoms with E-state index in [-0.39, 0.29) is 0 Å². The van der Waals surface area contributed by atoms with Gasteiger partial charge in [-0.3, -0.25) is 0 Å². The monoisotopic (exact) mass is 174 g/mol. The summed E-state index contributed by atoms with van der Waals surface area (Å²) in [5.74, 6) is 0. The summed E-state index contributed by atoms with van der Waals surface area (Å²) < 4.78 is 0. The molecule has 0 unspecified atom stereocenters. The summed E-state index contributed by atoms with van der Waals surface area (Å²) in [6.07, 6.45) is 0.827. The average Bonchev–Trinajstić information content (AvgIpc) is 1.95. The van der Waals surface area contributed by atoms with Crippen molar-refractivity contribution in [2.24, 2.45) is 0 Å². The molecule has 3 nitrogen and oxygen atoms in total. The van der Waals surface area contributed by atoms with E-state index in [1.807, 2.05) is 20.9 Å². The molecular formula is C9H22N2O. The molecule has 0 aromatic heterocycles. The zero-order valence-electron chi connectivity index (χ0n) is 8.72. The molecular weight excluding hydrogens is 152 g/mol. The third-order valence-corrected chi connectivity index (χ3v) is 1.85. The first-order chi connectivity index (χ1) is 5.45. The number of nitrogens with one attached hydrogen (secondary N) is 1. The summed E-state index contributed by atoms with van der Waals surface area (Å²) in [6.45, 7) is 6.68. The maximum Gasteiger partial charge on any atom is 0.0603 e. The molecule has 0 bridgehead atoms. The zero-order chi connectivity index (χ0) is 9.61. The van der Waals surface area contributed by atoms with Crippen molar-refractivity contribution >= 4 is 0 Å². The summed E-state index contributed by atoms with van der Waals surface area (Å²) in [5, 5.41) is 12.5. The van der Waals surface area contributed by atoms with Gasteiger partial charge < -0.3 is 15.3 Å². The molecule has 0 aliphatic carbocycles. The maximum absolute atomic E-state index is 9.45. The van der Waals surface area contributed by atoms with Crippen molar-refractivity contribution in [2.75, 3.05) is 33.7 Å². The van der Waals surface area contributed by atoms with Crippen LogP contribution in [0.4, 0.5) is 0 Å². The Kier molecular flexibility index (Phi) is 5.46. The van der Waals surface area contributed by atoms with Gasteiger partial charge in [0, 0.05) is 19.6 Å². The van der Waals surface area contributed by atoms with Crippen LogP contribution in [-0.2, 0) is 0 Å². The van der Waals surface area contributed by atoms with E-state index in [9.17, 15) is 5.11 Å². The SMILES string of the molecule is CNCCN(C)CCC(C)(C)O. The molecule has 0 heterocycles. The fraction of sp³-hybridized carbons (Fsp3) is 1.00. The Morgan fingerprint density at radius 3 is 2.33 bits per heavy atom. The number of rotatable bonds is 6. The molecule has 0 aromatic rings. The minimum atomic E-state index is -0.534. The minimum absolute atomic E-state index is 0.534. The van der Waals surface area contributed by atoms with E-state index in [0.29, 0.717) is 0 Å². The van der Waals surface area contributed by atoms with E-state index in [1.165, 1.54) is 0 Å². The number of likely N-dealkylation sites (N-methyl/N-ethyl adjacent to an activating group) is 2. The molecule has 2 N–H and O–H groups in total. The summed E-state index contributed by atoms with van der Waals surface area (Å²) in [6, 6.07) is 0. The first kappa shape index (κ1) is 11.9. The highest BCUT2D eigenvalue weighted by molar-refractivity contribution is 4.67. The van der Waals surface area contributed by atoms with Crippen molar-refractivity contribution in [3.05, 3.63) is 0 Å². The Hall–Kier alpha value is -0.120. The summed E-state index contributed by atoms with van der Waals surface area (Å²) in [7, 11) is 4.02. The predicted molar refractivity (Wildman–Crippen MR) is 52.3 cm³/mol. The van der Waals surface area contributed by atoms with Crippen LogP contribution in [-0.4, -0.2) is 49.3 Å². The van der Waals surface area contributed by atoms with Gasteiger partial charge in [0.15, 0.2) is 0 Å². The van der Waals surface area contributed by atoms with Crippen LogP contribution >= 0.6 is 0 Å². The molecule has 0 aliphatic rings. The van der Waals surface area contributed by atoms with Gasteiger partial charge in [-0.25, -0.2) is 0 Å². The van der Waals surface area contributed by atoms with Gasteiger partial charge in [-0.1, -0.05) is 0 Å². The van der Waals surface area contributed by atoms with Crippen LogP contribution in [0.3, 0.4) is 0 Å². The minimum Gasteiger partial charge on any atom is -0.390 e. The van der Waals surface area contributed by atoms with E-state index in [1.54, 1.807) is 0 Å². The first-order valence-corrected chi connectivity index (χ1v) is 4.51. The lowest BCUT2D eigenvalue weighted by Crippen LogP contribution is -2.32. The van der Waals surface area contributed by atoms with E-state index < -0.39 is 5.60 Å². The Bertz CT molecular complexity index is 110. The lowest BCUT2D eigenvalue weighted by atomic mass is 10.1. The molecule has 0 spiro atoms. The molecule has 3 heteroatoms. The Morgan fingerprint density at radius 1 is 1.33 bits per heavy atom. The van der Waals surface area contributed by atoms with Crippen LogP contribution in [0.15, 0.2) is 0 Å². The lowest BCUT2D eigenvalue weighted by molar-refractivity contribution is 0.0609. The molecule has 0 aliphatic heterocycles. The standard InChI is InChI=1S/C9H22N2O/c1-9(2,12)5-7-11(4)8-6-10-3/h10,12H,5-8H2,1-4H3. The van der Waals surface area contributed by atoms with Gasteiger partial charge in [0.05, 0.1) is 5.60 Å². The van der Waals surface area contributed by atoms with Crippen molar-refractivity contribution in [3.63, 3.8) is 0 Å². The van der Waals surface area contributed by atoms with Gasteiger partial charge in [0.25, 0.3) is 0 Å². The second-order valence-corrected chi connectivity index (χ2v) is 3.97. The average molecular weight is 174 g/mol. The highest BCUT2D eigenvalue weighted by atomic mass is 16.3. The van der Waals surface area contributed by atoms with Crippen LogP contribution in [0.2, 0.25) is 0 Å². The van der Waals surface area contributed by atoms with Crippen molar-refractivity contribution in [3.8, 4) is 0 Å². The van der Waals surface area contributed by atoms with Crippen LogP contribution in [0, 0.1) is 0 Å². The summed E-state index contributed by atoms with van der Waals surface area (Å²) >= 11 is 0. The molecule has 0 radical (unpaired) electrons. The van der Waals surface area contributed by atoms with Crippen LogP contribution in [0.1, 0.15) is 20.3 Å². The molecule has 0 rings (SSSR count).